The van der Waals surface area contributed by atoms with Crippen LogP contribution >= 0.6 is 0 Å². The first kappa shape index (κ1) is 8.38. The van der Waals surface area contributed by atoms with Crippen LogP contribution in [-0.2, 0) is 7.05 Å². The Labute approximate surface area is 79.6 Å². The van der Waals surface area contributed by atoms with Crippen LogP contribution in [0.15, 0.2) is 11.0 Å². The molecule has 2 rings (SSSR count). The summed E-state index contributed by atoms with van der Waals surface area (Å²) in [4.78, 5) is 17.9. The van der Waals surface area contributed by atoms with Gasteiger partial charge in [-0.3, -0.25) is 9.78 Å². The van der Waals surface area contributed by atoms with Crippen LogP contribution in [0, 0.1) is 12.3 Å². The van der Waals surface area contributed by atoms with Gasteiger partial charge in [0.05, 0.1) is 10.9 Å². The summed E-state index contributed by atoms with van der Waals surface area (Å²) in [5, 5.41) is 0.407. The summed E-state index contributed by atoms with van der Waals surface area (Å²) in [5.74, 6) is 2.52. The van der Waals surface area contributed by atoms with Crippen LogP contribution in [0.2, 0.25) is 0 Å². The van der Waals surface area contributed by atoms with Crippen molar-refractivity contribution < 1.29 is 0 Å². The SMILES string of the molecule is C#Cc1cn(C)c2nc(N)[nH]c(=O)c12. The highest BCUT2D eigenvalue weighted by Crippen LogP contribution is 2.13. The summed E-state index contributed by atoms with van der Waals surface area (Å²) in [6, 6.07) is 0. The molecule has 3 N–H and O–H groups in total. The number of aryl methyl sites for hydroxylation is 1. The van der Waals surface area contributed by atoms with Crippen LogP contribution in [0.4, 0.5) is 5.95 Å². The Morgan fingerprint density at radius 1 is 1.71 bits per heavy atom. The van der Waals surface area contributed by atoms with Crippen LogP contribution in [0.1, 0.15) is 5.56 Å². The molecule has 5 nitrogen and oxygen atoms in total. The molecule has 0 atom stereocenters. The largest absolute Gasteiger partial charge is 0.369 e. The molecule has 0 radical (unpaired) electrons. The normalized spacial score (nSPS) is 10.3. The molecule has 5 heteroatoms. The average Bonchev–Trinajstić information content (AvgIpc) is 2.43. The van der Waals surface area contributed by atoms with E-state index in [0.717, 1.165) is 0 Å². The molecule has 0 fully saturated rings. The quantitative estimate of drug-likeness (QED) is 0.563. The predicted octanol–water partition coefficient (Wildman–Crippen LogP) is -0.175. The maximum absolute atomic E-state index is 11.5. The molecule has 0 bridgehead atoms. The Morgan fingerprint density at radius 2 is 2.43 bits per heavy atom. The maximum Gasteiger partial charge on any atom is 0.263 e. The standard InChI is InChI=1S/C9H8N4O/c1-3-5-4-13(2)7-6(5)8(14)12-9(10)11-7/h1,4H,2H3,(H3,10,11,12,14). The van der Waals surface area contributed by atoms with Gasteiger partial charge in [-0.1, -0.05) is 5.92 Å². The number of fused-ring (bicyclic) bond motifs is 1. The second kappa shape index (κ2) is 2.64. The number of nitrogens with two attached hydrogens (primary N) is 1. The molecule has 2 aromatic heterocycles. The highest BCUT2D eigenvalue weighted by molar-refractivity contribution is 5.83. The minimum atomic E-state index is -0.305. The number of hydrogen-bond acceptors (Lipinski definition) is 3. The molecular weight excluding hydrogens is 180 g/mol. The van der Waals surface area contributed by atoms with Gasteiger partial charge in [0.25, 0.3) is 5.56 Å². The number of nitrogens with zero attached hydrogens (tertiary/aromatic N) is 2. The molecule has 2 aromatic rings. The fourth-order valence-electron chi connectivity index (χ4n) is 1.41. The summed E-state index contributed by atoms with van der Waals surface area (Å²) >= 11 is 0. The van der Waals surface area contributed by atoms with Gasteiger partial charge in [-0.2, -0.15) is 4.98 Å². The van der Waals surface area contributed by atoms with Crippen molar-refractivity contribution in [3.63, 3.8) is 0 Å². The maximum atomic E-state index is 11.5. The minimum Gasteiger partial charge on any atom is -0.369 e. The molecule has 0 aliphatic heterocycles. The number of aromatic amines is 1. The number of terminal acetylenes is 1. The molecule has 14 heavy (non-hydrogen) atoms. The van der Waals surface area contributed by atoms with Crippen LogP contribution in [0.25, 0.3) is 11.0 Å². The molecule has 0 aromatic carbocycles. The molecule has 0 aliphatic rings. The van der Waals surface area contributed by atoms with E-state index in [1.807, 2.05) is 0 Å². The predicted molar refractivity (Wildman–Crippen MR) is 53.7 cm³/mol. The van der Waals surface area contributed by atoms with E-state index in [1.165, 1.54) is 0 Å². The molecule has 0 amide bonds. The first-order valence-corrected chi connectivity index (χ1v) is 3.95. The van der Waals surface area contributed by atoms with Gasteiger partial charge in [0.15, 0.2) is 5.65 Å². The summed E-state index contributed by atoms with van der Waals surface area (Å²) in [7, 11) is 1.76. The number of nitrogens with one attached hydrogen (secondary N) is 1. The molecule has 0 unspecified atom stereocenters. The zero-order valence-corrected chi connectivity index (χ0v) is 7.53. The lowest BCUT2D eigenvalue weighted by Gasteiger charge is -1.95. The van der Waals surface area contributed by atoms with Gasteiger partial charge < -0.3 is 10.3 Å². The molecule has 0 spiro atoms. The van der Waals surface area contributed by atoms with Crippen molar-refractivity contribution in [1.82, 2.24) is 14.5 Å². The zero-order valence-electron chi connectivity index (χ0n) is 7.53. The number of rotatable bonds is 0. The highest BCUT2D eigenvalue weighted by atomic mass is 16.1. The van der Waals surface area contributed by atoms with Crippen molar-refractivity contribution in [1.29, 1.82) is 0 Å². The molecular formula is C9H8N4O. The van der Waals surface area contributed by atoms with E-state index in [-0.39, 0.29) is 11.5 Å². The molecule has 0 saturated carbocycles. The van der Waals surface area contributed by atoms with Gasteiger partial charge >= 0.3 is 0 Å². The Morgan fingerprint density at radius 3 is 3.07 bits per heavy atom. The molecule has 0 aliphatic carbocycles. The van der Waals surface area contributed by atoms with Crippen molar-refractivity contribution >= 4 is 17.0 Å². The van der Waals surface area contributed by atoms with E-state index in [4.69, 9.17) is 12.2 Å². The molecule has 0 saturated heterocycles. The van der Waals surface area contributed by atoms with Crippen molar-refractivity contribution in [2.24, 2.45) is 7.05 Å². The lowest BCUT2D eigenvalue weighted by Crippen LogP contribution is -2.11. The highest BCUT2D eigenvalue weighted by Gasteiger charge is 2.10. The number of aromatic nitrogens is 3. The summed E-state index contributed by atoms with van der Waals surface area (Å²) in [5.41, 5.74) is 6.13. The van der Waals surface area contributed by atoms with Gasteiger partial charge in [-0.25, -0.2) is 0 Å². The number of H-pyrrole nitrogens is 1. The third kappa shape index (κ3) is 0.977. The average molecular weight is 188 g/mol. The van der Waals surface area contributed by atoms with E-state index in [9.17, 15) is 4.79 Å². The Balaban J connectivity index is 3.06. The van der Waals surface area contributed by atoms with Gasteiger partial charge in [0, 0.05) is 13.2 Å². The Kier molecular flexibility index (Phi) is 1.58. The summed E-state index contributed by atoms with van der Waals surface area (Å²) < 4.78 is 1.68. The summed E-state index contributed by atoms with van der Waals surface area (Å²) in [6.07, 6.45) is 6.93. The van der Waals surface area contributed by atoms with Crippen molar-refractivity contribution in [2.45, 2.75) is 0 Å². The Hall–Kier alpha value is -2.22. The van der Waals surface area contributed by atoms with Gasteiger partial charge in [0.2, 0.25) is 5.95 Å². The van der Waals surface area contributed by atoms with Gasteiger partial charge in [-0.15, -0.1) is 6.42 Å². The third-order valence-corrected chi connectivity index (χ3v) is 2.00. The van der Waals surface area contributed by atoms with Crippen molar-refractivity contribution in [3.8, 4) is 12.3 Å². The van der Waals surface area contributed by atoms with Crippen LogP contribution in [-0.4, -0.2) is 14.5 Å². The van der Waals surface area contributed by atoms with Crippen LogP contribution in [0.3, 0.4) is 0 Å². The minimum absolute atomic E-state index is 0.0901. The van der Waals surface area contributed by atoms with E-state index in [0.29, 0.717) is 16.6 Å². The van der Waals surface area contributed by atoms with Crippen molar-refractivity contribution in [2.75, 3.05) is 5.73 Å². The fourth-order valence-corrected chi connectivity index (χ4v) is 1.41. The fraction of sp³-hybridized carbons (Fsp3) is 0.111. The second-order valence-corrected chi connectivity index (χ2v) is 2.95. The monoisotopic (exact) mass is 188 g/mol. The van der Waals surface area contributed by atoms with E-state index >= 15 is 0 Å². The third-order valence-electron chi connectivity index (χ3n) is 2.00. The lowest BCUT2D eigenvalue weighted by molar-refractivity contribution is 0.943. The number of anilines is 1. The molecule has 70 valence electrons. The number of hydrogen-bond donors (Lipinski definition) is 2. The molecule has 2 heterocycles. The van der Waals surface area contributed by atoms with E-state index in [1.54, 1.807) is 17.8 Å². The summed E-state index contributed by atoms with van der Waals surface area (Å²) in [6.45, 7) is 0. The number of nitrogen functional groups attached to an aromatic ring is 1. The Bertz CT molecular complexity index is 600. The lowest BCUT2D eigenvalue weighted by atomic mass is 10.2. The second-order valence-electron chi connectivity index (χ2n) is 2.95. The zero-order chi connectivity index (χ0) is 10.3. The van der Waals surface area contributed by atoms with E-state index in [2.05, 4.69) is 15.9 Å². The smallest absolute Gasteiger partial charge is 0.263 e. The van der Waals surface area contributed by atoms with Crippen molar-refractivity contribution in [3.05, 3.63) is 22.1 Å². The van der Waals surface area contributed by atoms with E-state index < -0.39 is 0 Å². The first-order chi connectivity index (χ1) is 6.63. The van der Waals surface area contributed by atoms with Gasteiger partial charge in [-0.05, 0) is 0 Å². The first-order valence-electron chi connectivity index (χ1n) is 3.95. The topological polar surface area (TPSA) is 76.7 Å². The van der Waals surface area contributed by atoms with Crippen LogP contribution < -0.4 is 11.3 Å². The van der Waals surface area contributed by atoms with Gasteiger partial charge in [0.1, 0.15) is 0 Å². The van der Waals surface area contributed by atoms with Crippen LogP contribution in [0.5, 0.6) is 0 Å².